The lowest BCUT2D eigenvalue weighted by molar-refractivity contribution is -0.136. The van der Waals surface area contributed by atoms with Gasteiger partial charge in [-0.15, -0.1) is 0 Å². The Morgan fingerprint density at radius 2 is 1.79 bits per heavy atom. The van der Waals surface area contributed by atoms with Crippen molar-refractivity contribution in [1.82, 2.24) is 20.4 Å². The molecule has 4 aliphatic rings. The third-order valence-electron chi connectivity index (χ3n) is 6.39. The quantitative estimate of drug-likeness (QED) is 0.709. The Labute approximate surface area is 168 Å². The maximum absolute atomic E-state index is 12.9. The van der Waals surface area contributed by atoms with Gasteiger partial charge in [0.25, 0.3) is 11.8 Å². The van der Waals surface area contributed by atoms with Crippen molar-refractivity contribution in [3.8, 4) is 0 Å². The van der Waals surface area contributed by atoms with Gasteiger partial charge in [-0.05, 0) is 42.9 Å². The molecule has 152 valence electrons. The van der Waals surface area contributed by atoms with Gasteiger partial charge in [-0.1, -0.05) is 6.07 Å². The Bertz CT molecular complexity index is 910. The van der Waals surface area contributed by atoms with Crippen LogP contribution < -0.4 is 10.6 Å². The summed E-state index contributed by atoms with van der Waals surface area (Å²) in [5.41, 5.74) is 1.68. The number of nitrogens with zero attached hydrogens (tertiary/aromatic N) is 2. The van der Waals surface area contributed by atoms with Gasteiger partial charge in [0.15, 0.2) is 0 Å². The standard InChI is InChI=1S/C21H24N4O4/c26-18-6-5-17(19(27)23-18)25-20(28)14-4-1-12(9-15(14)21(25)29)10-24-8-7-22-16(11-24)13-2-3-13/h1,4,9,13,16-17,22H,2-3,5-8,10-11H2,(H,23,26,27). The molecule has 3 aliphatic heterocycles. The molecule has 0 radical (unpaired) electrons. The van der Waals surface area contributed by atoms with E-state index in [1.54, 1.807) is 12.1 Å². The summed E-state index contributed by atoms with van der Waals surface area (Å²) in [5.74, 6) is -1.06. The van der Waals surface area contributed by atoms with Crippen LogP contribution in [0.4, 0.5) is 0 Å². The van der Waals surface area contributed by atoms with Crippen LogP contribution in [0.5, 0.6) is 0 Å². The second-order valence-electron chi connectivity index (χ2n) is 8.46. The molecule has 1 aliphatic carbocycles. The van der Waals surface area contributed by atoms with Crippen molar-refractivity contribution in [3.05, 3.63) is 34.9 Å². The third kappa shape index (κ3) is 3.36. The molecular formula is C21H24N4O4. The lowest BCUT2D eigenvalue weighted by Crippen LogP contribution is -2.54. The molecule has 8 heteroatoms. The molecule has 0 aromatic heterocycles. The van der Waals surface area contributed by atoms with Crippen molar-refractivity contribution < 1.29 is 19.2 Å². The van der Waals surface area contributed by atoms with Crippen LogP contribution in [0.2, 0.25) is 0 Å². The van der Waals surface area contributed by atoms with Gasteiger partial charge in [-0.2, -0.15) is 0 Å². The first-order valence-corrected chi connectivity index (χ1v) is 10.3. The number of piperidine rings is 1. The minimum absolute atomic E-state index is 0.125. The van der Waals surface area contributed by atoms with Crippen molar-refractivity contribution >= 4 is 23.6 Å². The van der Waals surface area contributed by atoms with E-state index in [9.17, 15) is 19.2 Å². The summed E-state index contributed by atoms with van der Waals surface area (Å²) >= 11 is 0. The zero-order valence-electron chi connectivity index (χ0n) is 16.1. The van der Waals surface area contributed by atoms with Crippen LogP contribution in [0.15, 0.2) is 18.2 Å². The van der Waals surface area contributed by atoms with Gasteiger partial charge in [-0.25, -0.2) is 0 Å². The number of amides is 4. The topological polar surface area (TPSA) is 98.8 Å². The number of hydrogen-bond acceptors (Lipinski definition) is 6. The van der Waals surface area contributed by atoms with Crippen molar-refractivity contribution in [3.63, 3.8) is 0 Å². The molecule has 2 N–H and O–H groups in total. The summed E-state index contributed by atoms with van der Waals surface area (Å²) in [6, 6.07) is 5.00. The first kappa shape index (κ1) is 18.4. The van der Waals surface area contributed by atoms with E-state index in [-0.39, 0.29) is 18.7 Å². The van der Waals surface area contributed by atoms with Crippen LogP contribution in [0.25, 0.3) is 0 Å². The van der Waals surface area contributed by atoms with E-state index in [0.29, 0.717) is 17.2 Å². The highest BCUT2D eigenvalue weighted by Gasteiger charge is 2.44. The minimum Gasteiger partial charge on any atom is -0.311 e. The SMILES string of the molecule is O=C1CCC(N2C(=O)c3ccc(CN4CCNC(C5CC5)C4)cc3C2=O)C(=O)N1. The number of fused-ring (bicyclic) bond motifs is 1. The molecule has 1 saturated carbocycles. The minimum atomic E-state index is -0.920. The molecule has 0 spiro atoms. The average molecular weight is 396 g/mol. The molecule has 1 aromatic carbocycles. The van der Waals surface area contributed by atoms with Crippen LogP contribution in [0.1, 0.15) is 52.0 Å². The van der Waals surface area contributed by atoms with Gasteiger partial charge in [0, 0.05) is 38.6 Å². The highest BCUT2D eigenvalue weighted by Crippen LogP contribution is 2.34. The fourth-order valence-electron chi connectivity index (χ4n) is 4.67. The highest BCUT2D eigenvalue weighted by atomic mass is 16.2. The lowest BCUT2D eigenvalue weighted by Gasteiger charge is -2.34. The van der Waals surface area contributed by atoms with E-state index in [1.807, 2.05) is 6.07 Å². The molecule has 0 bridgehead atoms. The number of carbonyl (C=O) groups excluding carboxylic acids is 4. The number of imide groups is 2. The lowest BCUT2D eigenvalue weighted by atomic mass is 10.0. The first-order chi connectivity index (χ1) is 14.0. The van der Waals surface area contributed by atoms with Gasteiger partial charge in [0.05, 0.1) is 11.1 Å². The Kier molecular flexibility index (Phi) is 4.48. The zero-order chi connectivity index (χ0) is 20.1. The van der Waals surface area contributed by atoms with Crippen LogP contribution >= 0.6 is 0 Å². The summed E-state index contributed by atoms with van der Waals surface area (Å²) in [6.07, 6.45) is 2.90. The Morgan fingerprint density at radius 1 is 1.00 bits per heavy atom. The molecule has 2 unspecified atom stereocenters. The summed E-state index contributed by atoms with van der Waals surface area (Å²) in [5, 5.41) is 5.81. The van der Waals surface area contributed by atoms with Gasteiger partial charge in [0.1, 0.15) is 6.04 Å². The molecule has 4 amide bonds. The maximum atomic E-state index is 12.9. The second-order valence-corrected chi connectivity index (χ2v) is 8.46. The summed E-state index contributed by atoms with van der Waals surface area (Å²) in [7, 11) is 0. The number of rotatable bonds is 4. The number of piperazine rings is 1. The van der Waals surface area contributed by atoms with Crippen LogP contribution in [-0.2, 0) is 16.1 Å². The first-order valence-electron chi connectivity index (χ1n) is 10.3. The van der Waals surface area contributed by atoms with Crippen molar-refractivity contribution in [1.29, 1.82) is 0 Å². The molecule has 5 rings (SSSR count). The molecule has 8 nitrogen and oxygen atoms in total. The van der Waals surface area contributed by atoms with Crippen LogP contribution in [-0.4, -0.2) is 65.1 Å². The van der Waals surface area contributed by atoms with E-state index in [1.165, 1.54) is 12.8 Å². The summed E-state index contributed by atoms with van der Waals surface area (Å²) in [4.78, 5) is 52.7. The maximum Gasteiger partial charge on any atom is 0.262 e. The molecule has 2 atom stereocenters. The fourth-order valence-corrected chi connectivity index (χ4v) is 4.67. The second kappa shape index (κ2) is 7.03. The largest absolute Gasteiger partial charge is 0.311 e. The molecule has 29 heavy (non-hydrogen) atoms. The van der Waals surface area contributed by atoms with Crippen LogP contribution in [0, 0.1) is 5.92 Å². The van der Waals surface area contributed by atoms with Gasteiger partial charge < -0.3 is 5.32 Å². The smallest absolute Gasteiger partial charge is 0.262 e. The average Bonchev–Trinajstić information content (AvgIpc) is 3.52. The van der Waals surface area contributed by atoms with Crippen molar-refractivity contribution in [2.24, 2.45) is 5.92 Å². The Hall–Kier alpha value is -2.58. The molecule has 1 aromatic rings. The van der Waals surface area contributed by atoms with Gasteiger partial charge >= 0.3 is 0 Å². The molecule has 2 saturated heterocycles. The van der Waals surface area contributed by atoms with Gasteiger partial charge in [-0.3, -0.25) is 34.3 Å². The number of carbonyl (C=O) groups is 4. The van der Waals surface area contributed by atoms with E-state index >= 15 is 0 Å². The fraction of sp³-hybridized carbons (Fsp3) is 0.524. The monoisotopic (exact) mass is 396 g/mol. The predicted octanol–water partition coefficient (Wildman–Crippen LogP) is 0.272. The number of benzene rings is 1. The van der Waals surface area contributed by atoms with E-state index < -0.39 is 23.8 Å². The Balaban J connectivity index is 1.33. The molecular weight excluding hydrogens is 372 g/mol. The Morgan fingerprint density at radius 3 is 2.55 bits per heavy atom. The van der Waals surface area contributed by atoms with E-state index in [0.717, 1.165) is 42.6 Å². The predicted molar refractivity (Wildman–Crippen MR) is 103 cm³/mol. The highest BCUT2D eigenvalue weighted by molar-refractivity contribution is 6.23. The summed E-state index contributed by atoms with van der Waals surface area (Å²) in [6.45, 7) is 3.65. The molecule has 3 heterocycles. The van der Waals surface area contributed by atoms with Crippen LogP contribution in [0.3, 0.4) is 0 Å². The van der Waals surface area contributed by atoms with E-state index in [4.69, 9.17) is 0 Å². The van der Waals surface area contributed by atoms with E-state index in [2.05, 4.69) is 15.5 Å². The van der Waals surface area contributed by atoms with Crippen molar-refractivity contribution in [2.45, 2.75) is 44.3 Å². The summed E-state index contributed by atoms with van der Waals surface area (Å²) < 4.78 is 0. The number of nitrogens with one attached hydrogen (secondary N) is 2. The third-order valence-corrected chi connectivity index (χ3v) is 6.39. The van der Waals surface area contributed by atoms with Gasteiger partial charge in [0.2, 0.25) is 11.8 Å². The van der Waals surface area contributed by atoms with Crippen molar-refractivity contribution in [2.75, 3.05) is 19.6 Å². The zero-order valence-corrected chi connectivity index (χ0v) is 16.1. The normalized spacial score (nSPS) is 27.9. The molecule has 3 fully saturated rings. The number of hydrogen-bond donors (Lipinski definition) is 2.